The first-order chi connectivity index (χ1) is 9.82. The third kappa shape index (κ3) is 4.20. The van der Waals surface area contributed by atoms with Crippen molar-refractivity contribution in [3.05, 3.63) is 24.8 Å². The first kappa shape index (κ1) is 17.2. The maximum absolute atomic E-state index is 12.5. The smallest absolute Gasteiger partial charge is 0.257 e. The Morgan fingerprint density at radius 1 is 1.38 bits per heavy atom. The Bertz CT molecular complexity index is 544. The third-order valence-electron chi connectivity index (χ3n) is 3.56. The van der Waals surface area contributed by atoms with Crippen LogP contribution in [-0.2, 0) is 4.74 Å². The molecule has 0 aromatic heterocycles. The number of hydrogen-bond acceptors (Lipinski definition) is 4. The molecule has 1 saturated heterocycles. The molecule has 0 aliphatic carbocycles. The van der Waals surface area contributed by atoms with Crippen molar-refractivity contribution in [3.63, 3.8) is 0 Å². The quantitative estimate of drug-likeness (QED) is 0.604. The van der Waals surface area contributed by atoms with Crippen molar-refractivity contribution in [3.8, 4) is 5.75 Å². The average molecular weight is 517 g/mol. The van der Waals surface area contributed by atoms with Crippen molar-refractivity contribution >= 4 is 51.1 Å². The monoisotopic (exact) mass is 517 g/mol. The minimum Gasteiger partial charge on any atom is -0.506 e. The van der Waals surface area contributed by atoms with Gasteiger partial charge in [0.2, 0.25) is 0 Å². The second-order valence-electron chi connectivity index (χ2n) is 5.28. The number of benzene rings is 1. The van der Waals surface area contributed by atoms with E-state index in [1.165, 1.54) is 4.90 Å². The van der Waals surface area contributed by atoms with Crippen molar-refractivity contribution in [1.29, 1.82) is 0 Å². The number of ether oxygens (including phenoxy) is 1. The maximum atomic E-state index is 12.5. The van der Waals surface area contributed by atoms with Gasteiger partial charge in [-0.3, -0.25) is 4.79 Å². The van der Waals surface area contributed by atoms with Gasteiger partial charge in [-0.05, 0) is 57.3 Å². The number of phenolic OH excluding ortho intramolecular Hbond substituents is 1. The van der Waals surface area contributed by atoms with E-state index in [1.807, 2.05) is 22.6 Å². The molecule has 0 saturated carbocycles. The lowest BCUT2D eigenvalue weighted by molar-refractivity contribution is -0.0734. The van der Waals surface area contributed by atoms with Gasteiger partial charge in [0.05, 0.1) is 14.7 Å². The van der Waals surface area contributed by atoms with Crippen LogP contribution in [0.25, 0.3) is 0 Å². The van der Waals surface area contributed by atoms with E-state index < -0.39 is 5.60 Å². The van der Waals surface area contributed by atoms with Gasteiger partial charge < -0.3 is 19.8 Å². The molecule has 1 aromatic rings. The van der Waals surface area contributed by atoms with Crippen LogP contribution >= 0.6 is 45.2 Å². The second kappa shape index (κ2) is 6.97. The molecule has 1 heterocycles. The lowest BCUT2D eigenvalue weighted by atomic mass is 9.93. The molecule has 116 valence electrons. The minimum atomic E-state index is -0.909. The molecule has 2 N–H and O–H groups in total. The molecule has 0 radical (unpaired) electrons. The lowest BCUT2D eigenvalue weighted by Gasteiger charge is -2.35. The summed E-state index contributed by atoms with van der Waals surface area (Å²) in [6.07, 6.45) is 1.03. The van der Waals surface area contributed by atoms with Crippen molar-refractivity contribution in [2.24, 2.45) is 0 Å². The van der Waals surface area contributed by atoms with Crippen LogP contribution in [-0.4, -0.2) is 53.4 Å². The molecule has 0 unspecified atom stereocenters. The van der Waals surface area contributed by atoms with Gasteiger partial charge in [-0.25, -0.2) is 0 Å². The average Bonchev–Trinajstić information content (AvgIpc) is 2.42. The molecular formula is C14H17I2NO4. The van der Waals surface area contributed by atoms with Crippen molar-refractivity contribution in [1.82, 2.24) is 4.90 Å². The molecule has 5 nitrogen and oxygen atoms in total. The van der Waals surface area contributed by atoms with Crippen molar-refractivity contribution in [2.75, 3.05) is 26.8 Å². The van der Waals surface area contributed by atoms with Crippen LogP contribution in [0.15, 0.2) is 12.1 Å². The van der Waals surface area contributed by atoms with Gasteiger partial charge in [0.25, 0.3) is 5.91 Å². The highest BCUT2D eigenvalue weighted by molar-refractivity contribution is 14.1. The van der Waals surface area contributed by atoms with Crippen LogP contribution in [0, 0.1) is 7.14 Å². The number of rotatable bonds is 3. The fourth-order valence-electron chi connectivity index (χ4n) is 2.36. The number of aromatic hydroxyl groups is 1. The zero-order chi connectivity index (χ0) is 15.6. The predicted octanol–water partition coefficient (Wildman–Crippen LogP) is 2.21. The Hall–Kier alpha value is -0.130. The van der Waals surface area contributed by atoms with Crippen LogP contribution in [0.3, 0.4) is 0 Å². The van der Waals surface area contributed by atoms with Crippen LogP contribution in [0.1, 0.15) is 23.2 Å². The number of carbonyl (C=O) groups excluding carboxylic acids is 1. The highest BCUT2D eigenvalue weighted by Gasteiger charge is 2.33. The minimum absolute atomic E-state index is 0.00756. The van der Waals surface area contributed by atoms with E-state index in [4.69, 9.17) is 4.74 Å². The molecule has 2 rings (SSSR count). The zero-order valence-electron chi connectivity index (χ0n) is 11.6. The summed E-state index contributed by atoms with van der Waals surface area (Å²) in [5.41, 5.74) is -0.641. The van der Waals surface area contributed by atoms with Crippen LogP contribution in [0.5, 0.6) is 5.75 Å². The molecular weight excluding hydrogens is 500 g/mol. The highest BCUT2D eigenvalue weighted by atomic mass is 127. The van der Waals surface area contributed by atoms with Crippen molar-refractivity contribution < 1.29 is 19.7 Å². The number of halogens is 2. The molecule has 0 spiro atoms. The number of carbonyl (C=O) groups is 1. The second-order valence-corrected chi connectivity index (χ2v) is 7.69. The summed E-state index contributed by atoms with van der Waals surface area (Å²) in [5, 5.41) is 20.5. The fourth-order valence-corrected chi connectivity index (χ4v) is 4.20. The van der Waals surface area contributed by atoms with Crippen molar-refractivity contribution in [2.45, 2.75) is 18.4 Å². The molecule has 1 amide bonds. The number of hydrogen-bond donors (Lipinski definition) is 2. The molecule has 1 aliphatic rings. The summed E-state index contributed by atoms with van der Waals surface area (Å²) in [6.45, 7) is 1.24. The van der Waals surface area contributed by atoms with Gasteiger partial charge in [0.15, 0.2) is 0 Å². The molecule has 1 aliphatic heterocycles. The normalized spacial score (nSPS) is 17.5. The maximum Gasteiger partial charge on any atom is 0.257 e. The number of aliphatic hydroxyl groups is 1. The van der Waals surface area contributed by atoms with E-state index in [-0.39, 0.29) is 23.8 Å². The topological polar surface area (TPSA) is 70.0 Å². The molecule has 0 atom stereocenters. The standard InChI is InChI=1S/C14H17I2NO4/c1-17(8-14(20)2-4-21-5-3-14)13(19)10-6-9(15)7-11(16)12(10)18/h6-7,18,20H,2-5,8H2,1H3. The van der Waals surface area contributed by atoms with Crippen LogP contribution in [0.2, 0.25) is 0 Å². The van der Waals surface area contributed by atoms with Gasteiger partial charge in [-0.1, -0.05) is 0 Å². The zero-order valence-corrected chi connectivity index (χ0v) is 15.9. The third-order valence-corrected chi connectivity index (χ3v) is 5.01. The Labute approximate surface area is 150 Å². The van der Waals surface area contributed by atoms with E-state index in [1.54, 1.807) is 19.2 Å². The molecule has 1 aromatic carbocycles. The first-order valence-electron chi connectivity index (χ1n) is 6.56. The molecule has 1 fully saturated rings. The Morgan fingerprint density at radius 3 is 2.62 bits per heavy atom. The van der Waals surface area contributed by atoms with Gasteiger partial charge in [0.1, 0.15) is 5.75 Å². The molecule has 21 heavy (non-hydrogen) atoms. The molecule has 7 heteroatoms. The summed E-state index contributed by atoms with van der Waals surface area (Å²) in [5.74, 6) is -0.296. The van der Waals surface area contributed by atoms with E-state index in [9.17, 15) is 15.0 Å². The number of amides is 1. The van der Waals surface area contributed by atoms with Gasteiger partial charge in [-0.2, -0.15) is 0 Å². The summed E-state index contributed by atoms with van der Waals surface area (Å²) in [4.78, 5) is 14.0. The first-order valence-corrected chi connectivity index (χ1v) is 8.72. The van der Waals surface area contributed by atoms with Gasteiger partial charge in [-0.15, -0.1) is 0 Å². The summed E-state index contributed by atoms with van der Waals surface area (Å²) < 4.78 is 6.76. The predicted molar refractivity (Wildman–Crippen MR) is 95.5 cm³/mol. The Balaban J connectivity index is 2.16. The number of nitrogens with zero attached hydrogens (tertiary/aromatic N) is 1. The SMILES string of the molecule is CN(CC1(O)CCOCC1)C(=O)c1cc(I)cc(I)c1O. The molecule has 0 bridgehead atoms. The lowest BCUT2D eigenvalue weighted by Crippen LogP contribution is -2.47. The van der Waals surface area contributed by atoms with E-state index in [2.05, 4.69) is 22.6 Å². The largest absolute Gasteiger partial charge is 0.506 e. The Morgan fingerprint density at radius 2 is 2.00 bits per heavy atom. The van der Waals surface area contributed by atoms with E-state index in [0.29, 0.717) is 29.6 Å². The summed E-state index contributed by atoms with van der Waals surface area (Å²) in [6, 6.07) is 3.46. The van der Waals surface area contributed by atoms with E-state index >= 15 is 0 Å². The van der Waals surface area contributed by atoms with Crippen LogP contribution in [0.4, 0.5) is 0 Å². The summed E-state index contributed by atoms with van der Waals surface area (Å²) in [7, 11) is 1.64. The number of likely N-dealkylation sites (N-methyl/N-ethyl adjacent to an activating group) is 1. The summed E-state index contributed by atoms with van der Waals surface area (Å²) >= 11 is 4.11. The van der Waals surface area contributed by atoms with Gasteiger partial charge in [0, 0.05) is 43.2 Å². The fraction of sp³-hybridized carbons (Fsp3) is 0.500. The highest BCUT2D eigenvalue weighted by Crippen LogP contribution is 2.29. The van der Waals surface area contributed by atoms with E-state index in [0.717, 1.165) is 3.57 Å². The van der Waals surface area contributed by atoms with Gasteiger partial charge >= 0.3 is 0 Å². The van der Waals surface area contributed by atoms with Crippen LogP contribution < -0.4 is 0 Å². The number of phenols is 1. The Kier molecular flexibility index (Phi) is 5.71.